The van der Waals surface area contributed by atoms with Crippen LogP contribution in [-0.2, 0) is 7.05 Å². The lowest BCUT2D eigenvalue weighted by Gasteiger charge is -2.11. The molecule has 3 aromatic heterocycles. The summed E-state index contributed by atoms with van der Waals surface area (Å²) in [4.78, 5) is 0. The lowest BCUT2D eigenvalue weighted by Crippen LogP contribution is -1.98. The zero-order chi connectivity index (χ0) is 17.4. The van der Waals surface area contributed by atoms with E-state index in [9.17, 15) is 4.39 Å². The van der Waals surface area contributed by atoms with Crippen molar-refractivity contribution in [3.8, 4) is 11.5 Å². The van der Waals surface area contributed by atoms with Gasteiger partial charge in [-0.3, -0.25) is 4.68 Å². The van der Waals surface area contributed by atoms with Crippen LogP contribution in [0.4, 0.5) is 21.5 Å². The number of nitrogen functional groups attached to an aromatic ring is 1. The van der Waals surface area contributed by atoms with Crippen molar-refractivity contribution in [1.82, 2.24) is 19.4 Å². The molecule has 4 aromatic rings. The Morgan fingerprint density at radius 3 is 2.72 bits per heavy atom. The second-order valence-corrected chi connectivity index (χ2v) is 5.57. The predicted molar refractivity (Wildman–Crippen MR) is 92.6 cm³/mol. The van der Waals surface area contributed by atoms with Crippen LogP contribution in [0.25, 0.3) is 5.52 Å². The first kappa shape index (κ1) is 15.0. The second-order valence-electron chi connectivity index (χ2n) is 5.57. The van der Waals surface area contributed by atoms with Gasteiger partial charge in [0.15, 0.2) is 17.3 Å². The molecular formula is C17H15FN6O. The summed E-state index contributed by atoms with van der Waals surface area (Å²) >= 11 is 0. The average molecular weight is 338 g/mol. The molecule has 8 heteroatoms. The van der Waals surface area contributed by atoms with Gasteiger partial charge in [-0.05, 0) is 18.2 Å². The summed E-state index contributed by atoms with van der Waals surface area (Å²) in [6.07, 6.45) is 7.00. The number of aryl methyl sites for hydroxylation is 1. The zero-order valence-corrected chi connectivity index (χ0v) is 13.3. The van der Waals surface area contributed by atoms with E-state index < -0.39 is 5.82 Å². The zero-order valence-electron chi connectivity index (χ0n) is 13.3. The van der Waals surface area contributed by atoms with Gasteiger partial charge < -0.3 is 15.8 Å². The summed E-state index contributed by atoms with van der Waals surface area (Å²) in [5.74, 6) is 0.0363. The molecule has 0 radical (unpaired) electrons. The minimum absolute atomic E-state index is 0.0934. The first-order valence-corrected chi connectivity index (χ1v) is 7.54. The van der Waals surface area contributed by atoms with Gasteiger partial charge in [0.05, 0.1) is 30.0 Å². The number of fused-ring (bicyclic) bond motifs is 1. The Bertz CT molecular complexity index is 1050. The molecule has 7 nitrogen and oxygen atoms in total. The van der Waals surface area contributed by atoms with Gasteiger partial charge >= 0.3 is 0 Å². The molecule has 0 atom stereocenters. The van der Waals surface area contributed by atoms with Crippen molar-refractivity contribution in [3.63, 3.8) is 0 Å². The summed E-state index contributed by atoms with van der Waals surface area (Å²) in [6.45, 7) is 0. The Kier molecular flexibility index (Phi) is 3.50. The molecule has 4 rings (SSSR count). The van der Waals surface area contributed by atoms with Gasteiger partial charge in [-0.15, -0.1) is 0 Å². The number of nitrogens with zero attached hydrogens (tertiary/aromatic N) is 4. The minimum atomic E-state index is -0.525. The Morgan fingerprint density at radius 2 is 1.96 bits per heavy atom. The molecule has 0 saturated carbocycles. The average Bonchev–Trinajstić information content (AvgIpc) is 3.19. The highest BCUT2D eigenvalue weighted by molar-refractivity contribution is 5.68. The SMILES string of the molecule is Cn1cc(Nc2cc(Oc3ccc(N)cc3F)c3ccnn3c2)cn1. The number of halogens is 1. The van der Waals surface area contributed by atoms with Crippen molar-refractivity contribution in [2.45, 2.75) is 0 Å². The van der Waals surface area contributed by atoms with E-state index >= 15 is 0 Å². The van der Waals surface area contributed by atoms with E-state index in [0.29, 0.717) is 17.0 Å². The van der Waals surface area contributed by atoms with E-state index in [1.54, 1.807) is 39.8 Å². The van der Waals surface area contributed by atoms with Crippen molar-refractivity contribution < 1.29 is 9.13 Å². The fourth-order valence-corrected chi connectivity index (χ4v) is 2.52. The lowest BCUT2D eigenvalue weighted by molar-refractivity contribution is 0.445. The molecule has 0 amide bonds. The van der Waals surface area contributed by atoms with Gasteiger partial charge in [0.2, 0.25) is 0 Å². The molecule has 0 spiro atoms. The molecule has 25 heavy (non-hydrogen) atoms. The highest BCUT2D eigenvalue weighted by atomic mass is 19.1. The second kappa shape index (κ2) is 5.82. The number of nitrogens with two attached hydrogens (primary N) is 1. The van der Waals surface area contributed by atoms with Crippen LogP contribution in [0.5, 0.6) is 11.5 Å². The molecule has 0 aliphatic heterocycles. The van der Waals surface area contributed by atoms with Crippen LogP contribution in [0.15, 0.2) is 55.1 Å². The van der Waals surface area contributed by atoms with Crippen LogP contribution in [-0.4, -0.2) is 19.4 Å². The number of pyridine rings is 1. The van der Waals surface area contributed by atoms with Gasteiger partial charge in [0, 0.05) is 31.1 Å². The molecule has 126 valence electrons. The third kappa shape index (κ3) is 2.97. The van der Waals surface area contributed by atoms with E-state index in [-0.39, 0.29) is 5.75 Å². The van der Waals surface area contributed by atoms with Gasteiger partial charge in [0.25, 0.3) is 0 Å². The number of anilines is 3. The molecule has 0 unspecified atom stereocenters. The van der Waals surface area contributed by atoms with Crippen molar-refractivity contribution in [2.24, 2.45) is 7.05 Å². The normalized spacial score (nSPS) is 11.0. The summed E-state index contributed by atoms with van der Waals surface area (Å²) in [5, 5.41) is 11.6. The Morgan fingerprint density at radius 1 is 1.08 bits per heavy atom. The van der Waals surface area contributed by atoms with Gasteiger partial charge in [-0.25, -0.2) is 8.91 Å². The van der Waals surface area contributed by atoms with E-state index in [2.05, 4.69) is 15.5 Å². The third-order valence-corrected chi connectivity index (χ3v) is 3.64. The number of benzene rings is 1. The summed E-state index contributed by atoms with van der Waals surface area (Å²) in [7, 11) is 1.83. The van der Waals surface area contributed by atoms with Crippen molar-refractivity contribution >= 4 is 22.6 Å². The summed E-state index contributed by atoms with van der Waals surface area (Å²) in [5.41, 5.74) is 8.18. The number of nitrogens with one attached hydrogen (secondary N) is 1. The standard InChI is InChI=1S/C17H15FN6O/c1-23-9-13(8-21-23)22-12-7-17(15-4-5-20-24(15)10-12)25-16-3-2-11(19)6-14(16)18/h2-10,22H,19H2,1H3. The molecule has 0 aliphatic carbocycles. The van der Waals surface area contributed by atoms with Gasteiger partial charge in [0.1, 0.15) is 5.52 Å². The van der Waals surface area contributed by atoms with Gasteiger partial charge in [-0.1, -0.05) is 0 Å². The quantitative estimate of drug-likeness (QED) is 0.558. The molecule has 0 bridgehead atoms. The monoisotopic (exact) mass is 338 g/mol. The molecule has 3 heterocycles. The van der Waals surface area contributed by atoms with Crippen LogP contribution in [0.3, 0.4) is 0 Å². The molecule has 0 saturated heterocycles. The number of hydrogen-bond donors (Lipinski definition) is 2. The molecule has 3 N–H and O–H groups in total. The highest BCUT2D eigenvalue weighted by Gasteiger charge is 2.11. The van der Waals surface area contributed by atoms with Crippen molar-refractivity contribution in [3.05, 3.63) is 60.9 Å². The lowest BCUT2D eigenvalue weighted by atomic mass is 10.3. The largest absolute Gasteiger partial charge is 0.452 e. The molecule has 1 aromatic carbocycles. The Balaban J connectivity index is 1.72. The summed E-state index contributed by atoms with van der Waals surface area (Å²) < 4.78 is 23.2. The first-order chi connectivity index (χ1) is 12.1. The maximum atomic E-state index is 14.1. The Labute approximate surface area is 142 Å². The topological polar surface area (TPSA) is 82.4 Å². The van der Waals surface area contributed by atoms with E-state index in [0.717, 1.165) is 11.4 Å². The van der Waals surface area contributed by atoms with Gasteiger partial charge in [-0.2, -0.15) is 10.2 Å². The number of hydrogen-bond acceptors (Lipinski definition) is 5. The summed E-state index contributed by atoms with van der Waals surface area (Å²) in [6, 6.07) is 7.88. The van der Waals surface area contributed by atoms with E-state index in [4.69, 9.17) is 10.5 Å². The fourth-order valence-electron chi connectivity index (χ4n) is 2.52. The van der Waals surface area contributed by atoms with Crippen LogP contribution >= 0.6 is 0 Å². The minimum Gasteiger partial charge on any atom is -0.452 e. The maximum Gasteiger partial charge on any atom is 0.167 e. The Hall–Kier alpha value is -3.55. The third-order valence-electron chi connectivity index (χ3n) is 3.64. The van der Waals surface area contributed by atoms with Crippen molar-refractivity contribution in [1.29, 1.82) is 0 Å². The van der Waals surface area contributed by atoms with Crippen LogP contribution in [0.2, 0.25) is 0 Å². The number of aromatic nitrogens is 4. The van der Waals surface area contributed by atoms with Crippen molar-refractivity contribution in [2.75, 3.05) is 11.1 Å². The molecular weight excluding hydrogens is 323 g/mol. The highest BCUT2D eigenvalue weighted by Crippen LogP contribution is 2.32. The van der Waals surface area contributed by atoms with Crippen LogP contribution in [0, 0.1) is 5.82 Å². The number of ether oxygens (including phenoxy) is 1. The first-order valence-electron chi connectivity index (χ1n) is 7.54. The smallest absolute Gasteiger partial charge is 0.167 e. The number of rotatable bonds is 4. The molecule has 0 aliphatic rings. The van der Waals surface area contributed by atoms with Crippen LogP contribution in [0.1, 0.15) is 0 Å². The maximum absolute atomic E-state index is 14.1. The predicted octanol–water partition coefficient (Wildman–Crippen LogP) is 3.33. The molecule has 0 fully saturated rings. The van der Waals surface area contributed by atoms with E-state index in [1.165, 1.54) is 12.1 Å². The fraction of sp³-hybridized carbons (Fsp3) is 0.0588. The van der Waals surface area contributed by atoms with Crippen LogP contribution < -0.4 is 15.8 Å². The van der Waals surface area contributed by atoms with E-state index in [1.807, 2.05) is 19.4 Å².